The van der Waals surface area contributed by atoms with Crippen molar-refractivity contribution in [1.82, 2.24) is 4.90 Å². The van der Waals surface area contributed by atoms with Crippen molar-refractivity contribution in [3.8, 4) is 0 Å². The molecule has 1 atom stereocenters. The van der Waals surface area contributed by atoms with Gasteiger partial charge in [-0.15, -0.1) is 0 Å². The number of hydrogen-bond acceptors (Lipinski definition) is 2. The maximum atomic E-state index is 12.1. The topological polar surface area (TPSA) is 46.3 Å². The lowest BCUT2D eigenvalue weighted by molar-refractivity contribution is -0.138. The molecule has 0 saturated carbocycles. The molecule has 88 valence electrons. The fourth-order valence-corrected chi connectivity index (χ4v) is 2.31. The van der Waals surface area contributed by atoms with Crippen LogP contribution in [0.4, 0.5) is 0 Å². The van der Waals surface area contributed by atoms with Crippen molar-refractivity contribution in [2.75, 3.05) is 19.6 Å². The molecule has 0 spiro atoms. The Balaban J connectivity index is 2.59. The molecule has 1 rings (SSSR count). The number of rotatable bonds is 3. The van der Waals surface area contributed by atoms with E-state index in [2.05, 4.69) is 13.8 Å². The van der Waals surface area contributed by atoms with Crippen LogP contribution in [0.1, 0.15) is 40.0 Å². The number of nitrogens with two attached hydrogens (primary N) is 1. The molecule has 0 aromatic heterocycles. The summed E-state index contributed by atoms with van der Waals surface area (Å²) in [6, 6.07) is 0. The average Bonchev–Trinajstić information content (AvgIpc) is 2.18. The van der Waals surface area contributed by atoms with E-state index in [1.54, 1.807) is 0 Å². The Kier molecular flexibility index (Phi) is 4.14. The Labute approximate surface area is 93.0 Å². The fourth-order valence-electron chi connectivity index (χ4n) is 2.31. The molecule has 0 bridgehead atoms. The van der Waals surface area contributed by atoms with Crippen LogP contribution in [-0.2, 0) is 4.79 Å². The summed E-state index contributed by atoms with van der Waals surface area (Å²) in [5, 5.41) is 0. The fraction of sp³-hybridized carbons (Fsp3) is 0.917. The summed E-state index contributed by atoms with van der Waals surface area (Å²) in [4.78, 5) is 14.1. The third-order valence-electron chi connectivity index (χ3n) is 3.34. The molecule has 0 radical (unpaired) electrons. The first kappa shape index (κ1) is 12.5. The van der Waals surface area contributed by atoms with Gasteiger partial charge in [-0.25, -0.2) is 0 Å². The highest BCUT2D eigenvalue weighted by atomic mass is 16.2. The highest BCUT2D eigenvalue weighted by Gasteiger charge is 2.31. The minimum absolute atomic E-state index is 0.0268. The SMILES string of the molecule is CCC(CN)C(=O)N1CCCC(C)(C)C1. The van der Waals surface area contributed by atoms with Crippen molar-refractivity contribution < 1.29 is 4.79 Å². The van der Waals surface area contributed by atoms with Gasteiger partial charge in [-0.3, -0.25) is 4.79 Å². The lowest BCUT2D eigenvalue weighted by Crippen LogP contribution is -2.47. The van der Waals surface area contributed by atoms with Gasteiger partial charge in [0.05, 0.1) is 5.92 Å². The minimum atomic E-state index is 0.0268. The van der Waals surface area contributed by atoms with E-state index in [1.165, 1.54) is 6.42 Å². The normalized spacial score (nSPS) is 22.5. The summed E-state index contributed by atoms with van der Waals surface area (Å²) < 4.78 is 0. The Bertz CT molecular complexity index is 222. The molecule has 1 saturated heterocycles. The number of piperidine rings is 1. The van der Waals surface area contributed by atoms with E-state index in [4.69, 9.17) is 5.73 Å². The predicted octanol–water partition coefficient (Wildman–Crippen LogP) is 1.62. The van der Waals surface area contributed by atoms with Crippen LogP contribution in [0.3, 0.4) is 0 Å². The van der Waals surface area contributed by atoms with Crippen molar-refractivity contribution >= 4 is 5.91 Å². The van der Waals surface area contributed by atoms with Gasteiger partial charge >= 0.3 is 0 Å². The maximum Gasteiger partial charge on any atom is 0.226 e. The van der Waals surface area contributed by atoms with E-state index in [-0.39, 0.29) is 17.2 Å². The average molecular weight is 212 g/mol. The molecule has 3 nitrogen and oxygen atoms in total. The number of carbonyl (C=O) groups is 1. The van der Waals surface area contributed by atoms with Gasteiger partial charge in [-0.1, -0.05) is 20.8 Å². The van der Waals surface area contributed by atoms with Crippen molar-refractivity contribution in [2.45, 2.75) is 40.0 Å². The number of carbonyl (C=O) groups excluding carboxylic acids is 1. The monoisotopic (exact) mass is 212 g/mol. The predicted molar refractivity (Wildman–Crippen MR) is 62.4 cm³/mol. The second-order valence-electron chi connectivity index (χ2n) is 5.37. The van der Waals surface area contributed by atoms with E-state index in [0.717, 1.165) is 25.9 Å². The molecule has 1 aliphatic heterocycles. The smallest absolute Gasteiger partial charge is 0.226 e. The summed E-state index contributed by atoms with van der Waals surface area (Å²) in [6.07, 6.45) is 3.20. The zero-order chi connectivity index (χ0) is 11.5. The van der Waals surface area contributed by atoms with E-state index in [0.29, 0.717) is 6.54 Å². The molecule has 3 heteroatoms. The van der Waals surface area contributed by atoms with Gasteiger partial charge in [-0.2, -0.15) is 0 Å². The summed E-state index contributed by atoms with van der Waals surface area (Å²) in [5.74, 6) is 0.284. The van der Waals surface area contributed by atoms with Crippen molar-refractivity contribution in [2.24, 2.45) is 17.1 Å². The number of amides is 1. The molecule has 1 fully saturated rings. The van der Waals surface area contributed by atoms with Gasteiger partial charge in [-0.05, 0) is 24.7 Å². The van der Waals surface area contributed by atoms with E-state index in [9.17, 15) is 4.79 Å². The van der Waals surface area contributed by atoms with Crippen LogP contribution >= 0.6 is 0 Å². The van der Waals surface area contributed by atoms with Gasteiger partial charge < -0.3 is 10.6 Å². The molecular weight excluding hydrogens is 188 g/mol. The lowest BCUT2D eigenvalue weighted by atomic mass is 9.83. The summed E-state index contributed by atoms with van der Waals surface area (Å²) >= 11 is 0. The highest BCUT2D eigenvalue weighted by Crippen LogP contribution is 2.29. The van der Waals surface area contributed by atoms with Crippen LogP contribution in [-0.4, -0.2) is 30.4 Å². The maximum absolute atomic E-state index is 12.1. The first-order valence-corrected chi connectivity index (χ1v) is 5.99. The minimum Gasteiger partial charge on any atom is -0.342 e. The van der Waals surface area contributed by atoms with Crippen LogP contribution in [0.15, 0.2) is 0 Å². The molecule has 0 aliphatic carbocycles. The third-order valence-corrected chi connectivity index (χ3v) is 3.34. The molecular formula is C12H24N2O. The Morgan fingerprint density at radius 3 is 2.67 bits per heavy atom. The van der Waals surface area contributed by atoms with E-state index < -0.39 is 0 Å². The molecule has 0 aromatic carbocycles. The molecule has 2 N–H and O–H groups in total. The summed E-state index contributed by atoms with van der Waals surface area (Å²) in [5.41, 5.74) is 5.89. The van der Waals surface area contributed by atoms with Crippen LogP contribution in [0.25, 0.3) is 0 Å². The van der Waals surface area contributed by atoms with E-state index >= 15 is 0 Å². The highest BCUT2D eigenvalue weighted by molar-refractivity contribution is 5.79. The molecule has 1 heterocycles. The molecule has 0 aromatic rings. The first-order chi connectivity index (χ1) is 7.00. The first-order valence-electron chi connectivity index (χ1n) is 5.99. The second kappa shape index (κ2) is 4.97. The van der Waals surface area contributed by atoms with Crippen molar-refractivity contribution in [3.05, 3.63) is 0 Å². The Hall–Kier alpha value is -0.570. The largest absolute Gasteiger partial charge is 0.342 e. The number of hydrogen-bond donors (Lipinski definition) is 1. The second-order valence-corrected chi connectivity index (χ2v) is 5.37. The third kappa shape index (κ3) is 3.20. The Morgan fingerprint density at radius 2 is 2.20 bits per heavy atom. The van der Waals surface area contributed by atoms with Crippen molar-refractivity contribution in [3.63, 3.8) is 0 Å². The van der Waals surface area contributed by atoms with Gasteiger partial charge in [0.1, 0.15) is 0 Å². The van der Waals surface area contributed by atoms with Crippen LogP contribution in [0, 0.1) is 11.3 Å². The lowest BCUT2D eigenvalue weighted by Gasteiger charge is -2.39. The standard InChI is InChI=1S/C12H24N2O/c1-4-10(8-13)11(15)14-7-5-6-12(2,3)9-14/h10H,4-9,13H2,1-3H3. The van der Waals surface area contributed by atoms with Gasteiger partial charge in [0.15, 0.2) is 0 Å². The number of likely N-dealkylation sites (tertiary alicyclic amines) is 1. The summed E-state index contributed by atoms with van der Waals surface area (Å²) in [6.45, 7) is 8.78. The molecule has 1 amide bonds. The van der Waals surface area contributed by atoms with Gasteiger partial charge in [0, 0.05) is 19.6 Å². The quantitative estimate of drug-likeness (QED) is 0.772. The molecule has 15 heavy (non-hydrogen) atoms. The van der Waals surface area contributed by atoms with Crippen LogP contribution in [0.5, 0.6) is 0 Å². The van der Waals surface area contributed by atoms with Crippen molar-refractivity contribution in [1.29, 1.82) is 0 Å². The van der Waals surface area contributed by atoms with Crippen LogP contribution in [0.2, 0.25) is 0 Å². The van der Waals surface area contributed by atoms with Gasteiger partial charge in [0.25, 0.3) is 0 Å². The van der Waals surface area contributed by atoms with Crippen LogP contribution < -0.4 is 5.73 Å². The van der Waals surface area contributed by atoms with E-state index in [1.807, 2.05) is 11.8 Å². The number of nitrogens with zero attached hydrogens (tertiary/aromatic N) is 1. The van der Waals surface area contributed by atoms with Gasteiger partial charge in [0.2, 0.25) is 5.91 Å². The zero-order valence-electron chi connectivity index (χ0n) is 10.3. The molecule has 1 unspecified atom stereocenters. The molecule has 1 aliphatic rings. The Morgan fingerprint density at radius 1 is 1.53 bits per heavy atom. The zero-order valence-corrected chi connectivity index (χ0v) is 10.3. The summed E-state index contributed by atoms with van der Waals surface area (Å²) in [7, 11) is 0.